The molecule has 1 rings (SSSR count). The number of carboxylic acid groups (broad SMARTS) is 1. The summed E-state index contributed by atoms with van der Waals surface area (Å²) in [5.41, 5.74) is -1.07. The maximum Gasteiger partial charge on any atom is 0.387 e. The van der Waals surface area contributed by atoms with Crippen LogP contribution in [0.5, 0.6) is 5.75 Å². The Morgan fingerprint density at radius 2 is 2.12 bits per heavy atom. The highest BCUT2D eigenvalue weighted by atomic mass is 35.5. The second-order valence-electron chi connectivity index (χ2n) is 2.72. The zero-order valence-electron chi connectivity index (χ0n) is 7.71. The third kappa shape index (κ3) is 2.57. The molecule has 0 aromatic heterocycles. The highest BCUT2D eigenvalue weighted by molar-refractivity contribution is 6.17. The van der Waals surface area contributed by atoms with Crippen LogP contribution in [0, 0.1) is 5.82 Å². The molecule has 1 aromatic carbocycles. The van der Waals surface area contributed by atoms with Crippen molar-refractivity contribution in [1.82, 2.24) is 0 Å². The van der Waals surface area contributed by atoms with Gasteiger partial charge < -0.3 is 9.84 Å². The molecule has 16 heavy (non-hydrogen) atoms. The van der Waals surface area contributed by atoms with Gasteiger partial charge in [0, 0.05) is 5.56 Å². The molecule has 88 valence electrons. The minimum Gasteiger partial charge on any atom is -0.478 e. The van der Waals surface area contributed by atoms with Crippen molar-refractivity contribution in [3.63, 3.8) is 0 Å². The van der Waals surface area contributed by atoms with Crippen molar-refractivity contribution < 1.29 is 27.8 Å². The Balaban J connectivity index is 3.33. The number of halogens is 4. The van der Waals surface area contributed by atoms with Gasteiger partial charge in [-0.2, -0.15) is 8.78 Å². The Hall–Kier alpha value is -1.43. The van der Waals surface area contributed by atoms with E-state index in [-0.39, 0.29) is 5.56 Å². The van der Waals surface area contributed by atoms with Crippen LogP contribution in [0.25, 0.3) is 0 Å². The highest BCUT2D eigenvalue weighted by Gasteiger charge is 2.21. The molecule has 0 bridgehead atoms. The number of carbonyl (C=O) groups is 1. The van der Waals surface area contributed by atoms with Gasteiger partial charge >= 0.3 is 12.6 Å². The molecule has 0 saturated carbocycles. The summed E-state index contributed by atoms with van der Waals surface area (Å²) >= 11 is 5.34. The lowest BCUT2D eigenvalue weighted by molar-refractivity contribution is -0.0504. The van der Waals surface area contributed by atoms with Gasteiger partial charge in [0.25, 0.3) is 0 Å². The van der Waals surface area contributed by atoms with Gasteiger partial charge in [-0.25, -0.2) is 9.18 Å². The Kier molecular flexibility index (Phi) is 4.00. The van der Waals surface area contributed by atoms with Crippen LogP contribution in [0.4, 0.5) is 13.2 Å². The molecule has 0 spiro atoms. The predicted molar refractivity (Wildman–Crippen MR) is 49.5 cm³/mol. The SMILES string of the molecule is O=C(O)c1c(OC(F)F)ccc(F)c1CCl. The molecule has 0 atom stereocenters. The predicted octanol–water partition coefficient (Wildman–Crippen LogP) is 2.86. The summed E-state index contributed by atoms with van der Waals surface area (Å²) in [6, 6.07) is 1.64. The summed E-state index contributed by atoms with van der Waals surface area (Å²) in [5, 5.41) is 8.76. The molecule has 1 N–H and O–H groups in total. The molecular weight excluding hydrogens is 249 g/mol. The first-order chi connectivity index (χ1) is 7.47. The van der Waals surface area contributed by atoms with Gasteiger partial charge in [0.15, 0.2) is 0 Å². The van der Waals surface area contributed by atoms with E-state index in [9.17, 15) is 18.0 Å². The lowest BCUT2D eigenvalue weighted by atomic mass is 10.1. The largest absolute Gasteiger partial charge is 0.478 e. The topological polar surface area (TPSA) is 46.5 Å². The summed E-state index contributed by atoms with van der Waals surface area (Å²) < 4.78 is 41.0. The van der Waals surface area contributed by atoms with E-state index in [1.165, 1.54) is 0 Å². The third-order valence-corrected chi connectivity index (χ3v) is 2.05. The van der Waals surface area contributed by atoms with Crippen LogP contribution in [0.1, 0.15) is 15.9 Å². The highest BCUT2D eigenvalue weighted by Crippen LogP contribution is 2.27. The third-order valence-electron chi connectivity index (χ3n) is 1.78. The van der Waals surface area contributed by atoms with Crippen LogP contribution in [0.3, 0.4) is 0 Å². The number of rotatable bonds is 4. The number of hydrogen-bond acceptors (Lipinski definition) is 2. The second kappa shape index (κ2) is 5.07. The van der Waals surface area contributed by atoms with Crippen molar-refractivity contribution in [1.29, 1.82) is 0 Å². The fourth-order valence-electron chi connectivity index (χ4n) is 1.16. The van der Waals surface area contributed by atoms with Crippen LogP contribution in [0.2, 0.25) is 0 Å². The fraction of sp³-hybridized carbons (Fsp3) is 0.222. The fourth-order valence-corrected chi connectivity index (χ4v) is 1.42. The van der Waals surface area contributed by atoms with Crippen LogP contribution in [-0.4, -0.2) is 17.7 Å². The van der Waals surface area contributed by atoms with E-state index >= 15 is 0 Å². The molecular formula is C9H6ClF3O3. The Morgan fingerprint density at radius 1 is 1.50 bits per heavy atom. The molecule has 0 aliphatic heterocycles. The average molecular weight is 255 g/mol. The molecule has 0 unspecified atom stereocenters. The van der Waals surface area contributed by atoms with Gasteiger partial charge in [0.05, 0.1) is 5.88 Å². The monoisotopic (exact) mass is 254 g/mol. The lowest BCUT2D eigenvalue weighted by Gasteiger charge is -2.11. The van der Waals surface area contributed by atoms with E-state index in [2.05, 4.69) is 4.74 Å². The second-order valence-corrected chi connectivity index (χ2v) is 2.98. The zero-order valence-corrected chi connectivity index (χ0v) is 8.47. The number of benzene rings is 1. The van der Waals surface area contributed by atoms with Crippen LogP contribution >= 0.6 is 11.6 Å². The van der Waals surface area contributed by atoms with Gasteiger partial charge in [-0.05, 0) is 12.1 Å². The molecule has 0 saturated heterocycles. The van der Waals surface area contributed by atoms with Crippen molar-refractivity contribution in [2.45, 2.75) is 12.5 Å². The van der Waals surface area contributed by atoms with E-state index in [1.54, 1.807) is 0 Å². The van der Waals surface area contributed by atoms with Gasteiger partial charge in [-0.3, -0.25) is 0 Å². The molecule has 7 heteroatoms. The number of hydrogen-bond donors (Lipinski definition) is 1. The van der Waals surface area contributed by atoms with Crippen molar-refractivity contribution in [2.24, 2.45) is 0 Å². The minimum absolute atomic E-state index is 0.382. The summed E-state index contributed by atoms with van der Waals surface area (Å²) in [6.45, 7) is -3.19. The first-order valence-corrected chi connectivity index (χ1v) is 4.56. The molecule has 0 aliphatic rings. The zero-order chi connectivity index (χ0) is 12.3. The van der Waals surface area contributed by atoms with E-state index in [4.69, 9.17) is 16.7 Å². The van der Waals surface area contributed by atoms with Gasteiger partial charge in [-0.1, -0.05) is 0 Å². The molecule has 0 heterocycles. The maximum atomic E-state index is 13.1. The summed E-state index contributed by atoms with van der Waals surface area (Å²) in [5.74, 6) is -3.52. The average Bonchev–Trinajstić information content (AvgIpc) is 2.18. The minimum atomic E-state index is -3.19. The number of carboxylic acids is 1. The van der Waals surface area contributed by atoms with Crippen LogP contribution < -0.4 is 4.74 Å². The van der Waals surface area contributed by atoms with E-state index < -0.39 is 35.6 Å². The Labute approximate surface area is 93.4 Å². The quantitative estimate of drug-likeness (QED) is 0.841. The molecule has 3 nitrogen and oxygen atoms in total. The summed E-state index contributed by atoms with van der Waals surface area (Å²) in [4.78, 5) is 10.8. The standard InChI is InChI=1S/C9H6ClF3O3/c10-3-4-5(11)1-2-6(16-9(12)13)7(4)8(14)15/h1-2,9H,3H2,(H,14,15). The van der Waals surface area contributed by atoms with Gasteiger partial charge in [0.2, 0.25) is 0 Å². The van der Waals surface area contributed by atoms with Crippen LogP contribution in [0.15, 0.2) is 12.1 Å². The maximum absolute atomic E-state index is 13.1. The summed E-state index contributed by atoms with van der Waals surface area (Å²) in [6.07, 6.45) is 0. The van der Waals surface area contributed by atoms with Crippen LogP contribution in [-0.2, 0) is 5.88 Å². The van der Waals surface area contributed by atoms with E-state index in [0.717, 1.165) is 12.1 Å². The molecule has 0 fully saturated rings. The van der Waals surface area contributed by atoms with Crippen molar-refractivity contribution in [3.8, 4) is 5.75 Å². The van der Waals surface area contributed by atoms with Crippen molar-refractivity contribution in [2.75, 3.05) is 0 Å². The Bertz CT molecular complexity index is 409. The molecule has 0 amide bonds. The van der Waals surface area contributed by atoms with Crippen molar-refractivity contribution in [3.05, 3.63) is 29.1 Å². The molecule has 0 aliphatic carbocycles. The number of aromatic carboxylic acids is 1. The first-order valence-electron chi connectivity index (χ1n) is 4.02. The smallest absolute Gasteiger partial charge is 0.387 e. The molecule has 1 aromatic rings. The van der Waals surface area contributed by atoms with E-state index in [0.29, 0.717) is 0 Å². The Morgan fingerprint density at radius 3 is 2.56 bits per heavy atom. The molecule has 0 radical (unpaired) electrons. The first kappa shape index (κ1) is 12.6. The summed E-state index contributed by atoms with van der Waals surface area (Å²) in [7, 11) is 0. The van der Waals surface area contributed by atoms with Crippen molar-refractivity contribution >= 4 is 17.6 Å². The number of alkyl halides is 3. The normalized spacial score (nSPS) is 10.6. The van der Waals surface area contributed by atoms with E-state index in [1.807, 2.05) is 0 Å². The van der Waals surface area contributed by atoms with Gasteiger partial charge in [-0.15, -0.1) is 11.6 Å². The number of ether oxygens (including phenoxy) is 1. The lowest BCUT2D eigenvalue weighted by Crippen LogP contribution is -2.11. The van der Waals surface area contributed by atoms with Gasteiger partial charge in [0.1, 0.15) is 17.1 Å².